The fraction of sp³-hybridized carbons (Fsp3) is 0.750. The lowest BCUT2D eigenvalue weighted by atomic mass is 9.97. The minimum absolute atomic E-state index is 0.0892. The number of ether oxygens (including phenoxy) is 8. The Labute approximate surface area is 278 Å². The molecular weight excluding hydrogens is 640 g/mol. The molecule has 2 aliphatic rings. The molecule has 16 heteroatoms. The standard InChI is InChI=1S/C32H46O16/c1-18(33)7-11-24(37)41-17-23-28(45-25(38)12-8-19(2)34)29(46-26(39)13-9-20(3)35)30(47-27(40)14-10-21(4)36)31(44-23)42-15-22-16-43-32(5,6)48-22/h22-23,28-31H,7-17H2,1-6H3/t22?,23-,28+,29+,30-,31-/m1/s1. The fourth-order valence-corrected chi connectivity index (χ4v) is 4.59. The molecule has 48 heavy (non-hydrogen) atoms. The first-order chi connectivity index (χ1) is 22.5. The van der Waals surface area contributed by atoms with Gasteiger partial charge in [-0.3, -0.25) is 19.2 Å². The van der Waals surface area contributed by atoms with Gasteiger partial charge in [-0.05, 0) is 41.5 Å². The summed E-state index contributed by atoms with van der Waals surface area (Å²) in [6, 6.07) is 0. The molecule has 0 aromatic heterocycles. The third-order valence-electron chi connectivity index (χ3n) is 7.04. The van der Waals surface area contributed by atoms with E-state index in [1.807, 2.05) is 0 Å². The van der Waals surface area contributed by atoms with Gasteiger partial charge in [-0.2, -0.15) is 0 Å². The largest absolute Gasteiger partial charge is 0.463 e. The van der Waals surface area contributed by atoms with E-state index in [4.69, 9.17) is 37.9 Å². The van der Waals surface area contributed by atoms with Crippen molar-refractivity contribution in [3.63, 3.8) is 0 Å². The Hall–Kier alpha value is -3.60. The third kappa shape index (κ3) is 15.1. The van der Waals surface area contributed by atoms with Gasteiger partial charge < -0.3 is 57.1 Å². The Morgan fingerprint density at radius 3 is 1.46 bits per heavy atom. The van der Waals surface area contributed by atoms with Gasteiger partial charge >= 0.3 is 23.9 Å². The van der Waals surface area contributed by atoms with Crippen molar-refractivity contribution in [1.82, 2.24) is 0 Å². The third-order valence-corrected chi connectivity index (χ3v) is 7.04. The van der Waals surface area contributed by atoms with Gasteiger partial charge in [0.25, 0.3) is 0 Å². The molecule has 0 aliphatic carbocycles. The SMILES string of the molecule is CC(=O)CCC(=O)OC[C@H]1O[C@@H](OCC2COC(C)(C)O2)[C@H](OC(=O)CCC(C)=O)[C@@H](OC(=O)CCC(C)=O)[C@H]1OC(=O)CCC(C)=O. The van der Waals surface area contributed by atoms with Crippen LogP contribution in [0.25, 0.3) is 0 Å². The Morgan fingerprint density at radius 2 is 1.02 bits per heavy atom. The van der Waals surface area contributed by atoms with Crippen LogP contribution in [0.3, 0.4) is 0 Å². The van der Waals surface area contributed by atoms with Gasteiger partial charge in [0, 0.05) is 25.7 Å². The Bertz CT molecular complexity index is 1190. The lowest BCUT2D eigenvalue weighted by Crippen LogP contribution is -2.63. The van der Waals surface area contributed by atoms with Crippen LogP contribution in [0.15, 0.2) is 0 Å². The minimum Gasteiger partial charge on any atom is -0.463 e. The van der Waals surface area contributed by atoms with Crippen LogP contribution in [0.1, 0.15) is 92.9 Å². The van der Waals surface area contributed by atoms with Crippen LogP contribution in [0, 0.1) is 0 Å². The van der Waals surface area contributed by atoms with Crippen molar-refractivity contribution < 1.29 is 76.3 Å². The molecule has 0 aromatic rings. The molecule has 2 saturated heterocycles. The highest BCUT2D eigenvalue weighted by atomic mass is 16.8. The maximum Gasteiger partial charge on any atom is 0.306 e. The van der Waals surface area contributed by atoms with E-state index in [9.17, 15) is 38.4 Å². The molecule has 0 N–H and O–H groups in total. The second-order valence-corrected chi connectivity index (χ2v) is 12.2. The molecule has 2 fully saturated rings. The predicted molar refractivity (Wildman–Crippen MR) is 160 cm³/mol. The zero-order valence-corrected chi connectivity index (χ0v) is 28.3. The van der Waals surface area contributed by atoms with Crippen LogP contribution in [0.4, 0.5) is 0 Å². The van der Waals surface area contributed by atoms with Gasteiger partial charge in [0.15, 0.2) is 30.4 Å². The van der Waals surface area contributed by atoms with E-state index in [0.717, 1.165) is 0 Å². The molecule has 16 nitrogen and oxygen atoms in total. The highest BCUT2D eigenvalue weighted by molar-refractivity contribution is 5.83. The molecule has 0 saturated carbocycles. The summed E-state index contributed by atoms with van der Waals surface area (Å²) in [4.78, 5) is 97.3. The Kier molecular flexibility index (Phi) is 16.4. The molecule has 2 heterocycles. The van der Waals surface area contributed by atoms with Gasteiger partial charge in [0.05, 0.1) is 38.9 Å². The molecular formula is C32H46O16. The number of carbonyl (C=O) groups is 8. The predicted octanol–water partition coefficient (Wildman–Crippen LogP) is 1.63. The quantitative estimate of drug-likeness (QED) is 0.132. The summed E-state index contributed by atoms with van der Waals surface area (Å²) in [5.74, 6) is -5.57. The van der Waals surface area contributed by atoms with E-state index in [1.165, 1.54) is 27.7 Å². The number of rotatable bonds is 20. The summed E-state index contributed by atoms with van der Waals surface area (Å²) in [7, 11) is 0. The van der Waals surface area contributed by atoms with Crippen LogP contribution in [0.5, 0.6) is 0 Å². The topological polar surface area (TPSA) is 210 Å². The number of hydrogen-bond acceptors (Lipinski definition) is 16. The number of esters is 4. The van der Waals surface area contributed by atoms with Gasteiger partial charge in [-0.25, -0.2) is 0 Å². The maximum absolute atomic E-state index is 13.0. The first-order valence-electron chi connectivity index (χ1n) is 15.8. The molecule has 0 amide bonds. The van der Waals surface area contributed by atoms with Gasteiger partial charge in [-0.15, -0.1) is 0 Å². The monoisotopic (exact) mass is 686 g/mol. The van der Waals surface area contributed by atoms with E-state index in [-0.39, 0.29) is 87.7 Å². The first kappa shape index (κ1) is 40.6. The second-order valence-electron chi connectivity index (χ2n) is 12.2. The van der Waals surface area contributed by atoms with Crippen LogP contribution < -0.4 is 0 Å². The second kappa shape index (κ2) is 19.4. The zero-order chi connectivity index (χ0) is 36.0. The number of ketones is 4. The maximum atomic E-state index is 13.0. The summed E-state index contributed by atoms with van der Waals surface area (Å²) in [5.41, 5.74) is 0. The summed E-state index contributed by atoms with van der Waals surface area (Å²) in [6.45, 7) is 7.92. The number of Topliss-reactive ketones (excluding diaryl/α,β-unsaturated/α-hetero) is 4. The van der Waals surface area contributed by atoms with Crippen LogP contribution in [-0.4, -0.2) is 109 Å². The van der Waals surface area contributed by atoms with E-state index in [0.29, 0.717) is 0 Å². The number of hydrogen-bond donors (Lipinski definition) is 0. The molecule has 0 spiro atoms. The van der Waals surface area contributed by atoms with Crippen molar-refractivity contribution in [2.45, 2.75) is 136 Å². The van der Waals surface area contributed by atoms with Crippen LogP contribution in [0.2, 0.25) is 0 Å². The van der Waals surface area contributed by atoms with Crippen LogP contribution in [-0.2, 0) is 76.3 Å². The first-order valence-corrected chi connectivity index (χ1v) is 15.8. The lowest BCUT2D eigenvalue weighted by molar-refractivity contribution is -0.312. The highest BCUT2D eigenvalue weighted by Crippen LogP contribution is 2.32. The minimum atomic E-state index is -1.64. The van der Waals surface area contributed by atoms with Crippen molar-refractivity contribution in [3.05, 3.63) is 0 Å². The molecule has 2 aliphatic heterocycles. The smallest absolute Gasteiger partial charge is 0.306 e. The van der Waals surface area contributed by atoms with E-state index >= 15 is 0 Å². The van der Waals surface area contributed by atoms with Gasteiger partial charge in [0.2, 0.25) is 0 Å². The van der Waals surface area contributed by atoms with E-state index < -0.39 is 73.1 Å². The average Bonchev–Trinajstić information content (AvgIpc) is 3.35. The van der Waals surface area contributed by atoms with Crippen LogP contribution >= 0.6 is 0 Å². The summed E-state index contributed by atoms with van der Waals surface area (Å²) in [6.07, 6.45) is -10.3. The van der Waals surface area contributed by atoms with Crippen molar-refractivity contribution in [2.75, 3.05) is 19.8 Å². The molecule has 0 radical (unpaired) electrons. The van der Waals surface area contributed by atoms with Gasteiger partial charge in [0.1, 0.15) is 41.9 Å². The fourth-order valence-electron chi connectivity index (χ4n) is 4.59. The summed E-state index contributed by atoms with van der Waals surface area (Å²) in [5, 5.41) is 0. The van der Waals surface area contributed by atoms with Gasteiger partial charge in [-0.1, -0.05) is 0 Å². The summed E-state index contributed by atoms with van der Waals surface area (Å²) < 4.78 is 45.7. The molecule has 6 atom stereocenters. The van der Waals surface area contributed by atoms with E-state index in [1.54, 1.807) is 13.8 Å². The normalized spacial score (nSPS) is 24.6. The van der Waals surface area contributed by atoms with Crippen molar-refractivity contribution in [1.29, 1.82) is 0 Å². The van der Waals surface area contributed by atoms with Crippen molar-refractivity contribution >= 4 is 47.0 Å². The Morgan fingerprint density at radius 1 is 0.583 bits per heavy atom. The molecule has 2 rings (SSSR count). The van der Waals surface area contributed by atoms with Crippen molar-refractivity contribution in [2.24, 2.45) is 0 Å². The molecule has 0 aromatic carbocycles. The van der Waals surface area contributed by atoms with E-state index in [2.05, 4.69) is 0 Å². The van der Waals surface area contributed by atoms with Crippen molar-refractivity contribution in [3.8, 4) is 0 Å². The Balaban J connectivity index is 2.50. The zero-order valence-electron chi connectivity index (χ0n) is 28.3. The number of carbonyl (C=O) groups excluding carboxylic acids is 8. The molecule has 0 bridgehead atoms. The molecule has 270 valence electrons. The highest BCUT2D eigenvalue weighted by Gasteiger charge is 2.53. The molecule has 1 unspecified atom stereocenters. The lowest BCUT2D eigenvalue weighted by Gasteiger charge is -2.44. The summed E-state index contributed by atoms with van der Waals surface area (Å²) >= 11 is 0. The average molecular weight is 687 g/mol.